The summed E-state index contributed by atoms with van der Waals surface area (Å²) in [5.74, 6) is -1.22. The van der Waals surface area contributed by atoms with Gasteiger partial charge in [-0.05, 0) is 43.4 Å². The molecule has 1 aromatic rings. The number of urea groups is 1. The molecule has 3 amide bonds. The van der Waals surface area contributed by atoms with Gasteiger partial charge >= 0.3 is 6.03 Å². The molecule has 0 radical (unpaired) electrons. The van der Waals surface area contributed by atoms with Crippen molar-refractivity contribution in [2.45, 2.75) is 38.6 Å². The minimum atomic E-state index is -0.625. The zero-order valence-electron chi connectivity index (χ0n) is 15.4. The van der Waals surface area contributed by atoms with Crippen molar-refractivity contribution in [2.75, 3.05) is 32.7 Å². The second-order valence-electron chi connectivity index (χ2n) is 8.17. The van der Waals surface area contributed by atoms with Crippen LogP contribution in [-0.2, 0) is 11.3 Å². The third kappa shape index (κ3) is 3.77. The van der Waals surface area contributed by atoms with Crippen molar-refractivity contribution >= 4 is 11.9 Å². The van der Waals surface area contributed by atoms with Gasteiger partial charge in [0, 0.05) is 57.2 Å². The quantitative estimate of drug-likeness (QED) is 0.795. The predicted molar refractivity (Wildman–Crippen MR) is 95.8 cm³/mol. The number of amides is 3. The Labute approximate surface area is 157 Å². The van der Waals surface area contributed by atoms with Gasteiger partial charge in [-0.2, -0.15) is 0 Å². The molecule has 3 aliphatic rings. The van der Waals surface area contributed by atoms with Gasteiger partial charge < -0.3 is 14.7 Å². The summed E-state index contributed by atoms with van der Waals surface area (Å²) in [6.45, 7) is 3.85. The van der Waals surface area contributed by atoms with Gasteiger partial charge in [0.15, 0.2) is 0 Å². The van der Waals surface area contributed by atoms with E-state index in [9.17, 15) is 18.4 Å². The van der Waals surface area contributed by atoms with Crippen LogP contribution < -0.4 is 0 Å². The number of benzene rings is 1. The maximum Gasteiger partial charge on any atom is 0.319 e. The molecule has 3 aliphatic heterocycles. The monoisotopic (exact) mass is 377 g/mol. The third-order valence-corrected chi connectivity index (χ3v) is 6.17. The van der Waals surface area contributed by atoms with E-state index in [-0.39, 0.29) is 23.9 Å². The molecule has 146 valence electrons. The lowest BCUT2D eigenvalue weighted by Crippen LogP contribution is -2.48. The smallest absolute Gasteiger partial charge is 0.319 e. The minimum absolute atomic E-state index is 0.0268. The van der Waals surface area contributed by atoms with Gasteiger partial charge in [0.1, 0.15) is 11.6 Å². The molecule has 1 spiro atoms. The van der Waals surface area contributed by atoms with Crippen molar-refractivity contribution in [3.63, 3.8) is 0 Å². The van der Waals surface area contributed by atoms with Crippen LogP contribution in [0, 0.1) is 17.0 Å². The van der Waals surface area contributed by atoms with Gasteiger partial charge in [-0.3, -0.25) is 4.79 Å². The van der Waals surface area contributed by atoms with Gasteiger partial charge in [-0.25, -0.2) is 13.6 Å². The second kappa shape index (κ2) is 7.09. The molecule has 0 aromatic heterocycles. The van der Waals surface area contributed by atoms with Crippen molar-refractivity contribution in [1.82, 2.24) is 14.7 Å². The Hall–Kier alpha value is -2.18. The third-order valence-electron chi connectivity index (χ3n) is 6.17. The summed E-state index contributed by atoms with van der Waals surface area (Å²) in [5.41, 5.74) is 0.352. The Balaban J connectivity index is 1.37. The fourth-order valence-electron chi connectivity index (χ4n) is 4.66. The zero-order valence-corrected chi connectivity index (χ0v) is 15.4. The number of rotatable bonds is 2. The first-order valence-corrected chi connectivity index (χ1v) is 9.71. The average Bonchev–Trinajstić information content (AvgIpc) is 3.23. The fourth-order valence-corrected chi connectivity index (χ4v) is 4.66. The van der Waals surface area contributed by atoms with Crippen LogP contribution in [0.1, 0.15) is 37.7 Å². The number of hydrogen-bond acceptors (Lipinski definition) is 2. The molecule has 3 fully saturated rings. The molecule has 0 bridgehead atoms. The Kier molecular flexibility index (Phi) is 4.78. The van der Waals surface area contributed by atoms with Crippen molar-refractivity contribution in [3.05, 3.63) is 35.4 Å². The highest BCUT2D eigenvalue weighted by molar-refractivity contribution is 5.80. The molecule has 4 rings (SSSR count). The number of piperidine rings is 1. The highest BCUT2D eigenvalue weighted by Crippen LogP contribution is 2.41. The van der Waals surface area contributed by atoms with Crippen LogP contribution in [0.2, 0.25) is 0 Å². The molecule has 0 atom stereocenters. The maximum absolute atomic E-state index is 13.4. The Bertz CT molecular complexity index is 720. The molecule has 7 heteroatoms. The van der Waals surface area contributed by atoms with E-state index < -0.39 is 11.6 Å². The molecule has 3 saturated heterocycles. The highest BCUT2D eigenvalue weighted by Gasteiger charge is 2.45. The van der Waals surface area contributed by atoms with Gasteiger partial charge in [0.25, 0.3) is 0 Å². The van der Waals surface area contributed by atoms with Crippen LogP contribution in [0.25, 0.3) is 0 Å². The van der Waals surface area contributed by atoms with E-state index in [1.165, 1.54) is 12.1 Å². The zero-order chi connectivity index (χ0) is 19.0. The summed E-state index contributed by atoms with van der Waals surface area (Å²) in [4.78, 5) is 30.6. The molecule has 0 unspecified atom stereocenters. The normalized spacial score (nSPS) is 22.1. The Morgan fingerprint density at radius 1 is 0.963 bits per heavy atom. The van der Waals surface area contributed by atoms with E-state index in [0.29, 0.717) is 31.6 Å². The molecule has 0 N–H and O–H groups in total. The first-order valence-electron chi connectivity index (χ1n) is 9.71. The van der Waals surface area contributed by atoms with Crippen molar-refractivity contribution in [3.8, 4) is 0 Å². The van der Waals surface area contributed by atoms with Crippen molar-refractivity contribution < 1.29 is 18.4 Å². The summed E-state index contributed by atoms with van der Waals surface area (Å²) in [5, 5.41) is 0. The predicted octanol–water partition coefficient (Wildman–Crippen LogP) is 3.00. The van der Waals surface area contributed by atoms with Crippen molar-refractivity contribution in [2.24, 2.45) is 5.41 Å². The molecule has 0 aliphatic carbocycles. The van der Waals surface area contributed by atoms with E-state index in [4.69, 9.17) is 0 Å². The number of carbonyl (C=O) groups excluding carboxylic acids is 2. The minimum Gasteiger partial charge on any atom is -0.338 e. The summed E-state index contributed by atoms with van der Waals surface area (Å²) in [6, 6.07) is 3.51. The lowest BCUT2D eigenvalue weighted by Gasteiger charge is -2.40. The van der Waals surface area contributed by atoms with Crippen LogP contribution in [0.4, 0.5) is 13.6 Å². The lowest BCUT2D eigenvalue weighted by atomic mass is 9.77. The number of nitrogens with zero attached hydrogens (tertiary/aromatic N) is 3. The first kappa shape index (κ1) is 18.2. The van der Waals surface area contributed by atoms with Crippen LogP contribution in [0.15, 0.2) is 18.2 Å². The Morgan fingerprint density at radius 3 is 2.19 bits per heavy atom. The molecule has 0 saturated carbocycles. The summed E-state index contributed by atoms with van der Waals surface area (Å²) in [6.07, 6.45) is 4.20. The van der Waals surface area contributed by atoms with Gasteiger partial charge in [0.05, 0.1) is 0 Å². The molecular weight excluding hydrogens is 352 g/mol. The lowest BCUT2D eigenvalue weighted by molar-refractivity contribution is -0.128. The van der Waals surface area contributed by atoms with Crippen molar-refractivity contribution in [1.29, 1.82) is 0 Å². The standard InChI is InChI=1S/C20H25F2N3O2/c21-16-9-15(10-17(22)11-16)13-25-14-20(12-18(25)26)3-7-24(8-4-20)19(27)23-5-1-2-6-23/h9-11H,1-8,12-14H2. The van der Waals surface area contributed by atoms with Gasteiger partial charge in [-0.1, -0.05) is 0 Å². The maximum atomic E-state index is 13.4. The summed E-state index contributed by atoms with van der Waals surface area (Å²) in [7, 11) is 0. The first-order chi connectivity index (χ1) is 12.9. The van der Waals surface area contributed by atoms with E-state index >= 15 is 0 Å². The number of carbonyl (C=O) groups is 2. The number of likely N-dealkylation sites (tertiary alicyclic amines) is 3. The number of hydrogen-bond donors (Lipinski definition) is 0. The summed E-state index contributed by atoms with van der Waals surface area (Å²) >= 11 is 0. The van der Waals surface area contributed by atoms with E-state index in [0.717, 1.165) is 44.8 Å². The van der Waals surface area contributed by atoms with E-state index in [1.807, 2.05) is 9.80 Å². The number of halogens is 2. The molecule has 27 heavy (non-hydrogen) atoms. The van der Waals surface area contributed by atoms with Gasteiger partial charge in [0.2, 0.25) is 5.91 Å². The Morgan fingerprint density at radius 2 is 1.56 bits per heavy atom. The van der Waals surface area contributed by atoms with E-state index in [1.54, 1.807) is 4.90 Å². The van der Waals surface area contributed by atoms with Crippen LogP contribution >= 0.6 is 0 Å². The summed E-state index contributed by atoms with van der Waals surface area (Å²) < 4.78 is 26.8. The topological polar surface area (TPSA) is 43.9 Å². The van der Waals surface area contributed by atoms with Crippen LogP contribution in [0.5, 0.6) is 0 Å². The fraction of sp³-hybridized carbons (Fsp3) is 0.600. The SMILES string of the molecule is O=C1CC2(CCN(C(=O)N3CCCC3)CC2)CN1Cc1cc(F)cc(F)c1. The molecule has 1 aromatic carbocycles. The highest BCUT2D eigenvalue weighted by atomic mass is 19.1. The van der Waals surface area contributed by atoms with Crippen LogP contribution in [0.3, 0.4) is 0 Å². The molecule has 5 nitrogen and oxygen atoms in total. The largest absolute Gasteiger partial charge is 0.338 e. The molecular formula is C20H25F2N3O2. The second-order valence-corrected chi connectivity index (χ2v) is 8.17. The van der Waals surface area contributed by atoms with Gasteiger partial charge in [-0.15, -0.1) is 0 Å². The average molecular weight is 377 g/mol. The van der Waals surface area contributed by atoms with E-state index in [2.05, 4.69) is 0 Å². The molecule has 3 heterocycles. The van der Waals surface area contributed by atoms with Crippen LogP contribution in [-0.4, -0.2) is 59.4 Å².